The number of nitrogens with two attached hydrogens (primary N) is 1. The number of rotatable bonds is 15. The predicted molar refractivity (Wildman–Crippen MR) is 183 cm³/mol. The zero-order valence-electron chi connectivity index (χ0n) is 28.3. The van der Waals surface area contributed by atoms with Crippen LogP contribution in [0.2, 0.25) is 0 Å². The van der Waals surface area contributed by atoms with Gasteiger partial charge in [-0.25, -0.2) is 9.59 Å². The molecule has 0 heterocycles. The van der Waals surface area contributed by atoms with Crippen molar-refractivity contribution in [2.75, 3.05) is 6.54 Å². The molecule has 0 aromatic heterocycles. The van der Waals surface area contributed by atoms with Gasteiger partial charge in [0.05, 0.1) is 18.7 Å². The molecule has 11 nitrogen and oxygen atoms in total. The lowest BCUT2D eigenvalue weighted by atomic mass is 9.97. The second kappa shape index (κ2) is 17.9. The van der Waals surface area contributed by atoms with Crippen LogP contribution in [0.15, 0.2) is 91.0 Å². The molecule has 0 bridgehead atoms. The van der Waals surface area contributed by atoms with Crippen LogP contribution in [-0.4, -0.2) is 70.4 Å². The molecule has 4 amide bonds. The fraction of sp³-hybridized carbons (Fsp3) is 0.405. The van der Waals surface area contributed by atoms with Crippen LogP contribution in [0.1, 0.15) is 51.3 Å². The third kappa shape index (κ3) is 12.4. The van der Waals surface area contributed by atoms with E-state index in [2.05, 4.69) is 10.6 Å². The van der Waals surface area contributed by atoms with Gasteiger partial charge in [-0.2, -0.15) is 0 Å². The van der Waals surface area contributed by atoms with Gasteiger partial charge in [-0.15, -0.1) is 0 Å². The first-order valence-corrected chi connectivity index (χ1v) is 16.1. The van der Waals surface area contributed by atoms with E-state index in [4.69, 9.17) is 15.2 Å². The Bertz CT molecular complexity index is 1460. The number of hydrogen-bond donors (Lipinski definition) is 4. The quantitative estimate of drug-likeness (QED) is 0.188. The molecule has 0 saturated carbocycles. The fourth-order valence-corrected chi connectivity index (χ4v) is 5.06. The van der Waals surface area contributed by atoms with E-state index in [0.717, 1.165) is 21.6 Å². The Morgan fingerprint density at radius 1 is 0.792 bits per heavy atom. The molecule has 0 aliphatic rings. The van der Waals surface area contributed by atoms with Crippen LogP contribution >= 0.6 is 0 Å². The van der Waals surface area contributed by atoms with Gasteiger partial charge in [0, 0.05) is 6.42 Å². The number of carbonyl (C=O) groups is 4. The smallest absolute Gasteiger partial charge is 0.410 e. The maximum Gasteiger partial charge on any atom is 0.410 e. The van der Waals surface area contributed by atoms with E-state index in [-0.39, 0.29) is 25.4 Å². The summed E-state index contributed by atoms with van der Waals surface area (Å²) in [6.07, 6.45) is -2.74. The summed E-state index contributed by atoms with van der Waals surface area (Å²) in [4.78, 5) is 53.9. The van der Waals surface area contributed by atoms with Crippen LogP contribution in [0.25, 0.3) is 0 Å². The average molecular weight is 661 g/mol. The Kier molecular flexibility index (Phi) is 14.0. The zero-order valence-corrected chi connectivity index (χ0v) is 28.3. The highest BCUT2D eigenvalue weighted by molar-refractivity contribution is 5.86. The normalized spacial score (nSPS) is 13.8. The SMILES string of the molecule is CC(C)[C@H](NC(=O)OC(C)(C)C)C(=O)N[C@@H](Cc1ccccc1)[C@@H](O)CN(C(=O)OCc1ccccc1)[C@@H](Cc1ccccc1)C(N)=O. The molecule has 3 aromatic carbocycles. The van der Waals surface area contributed by atoms with Gasteiger partial charge in [-0.05, 0) is 49.8 Å². The highest BCUT2D eigenvalue weighted by atomic mass is 16.6. The van der Waals surface area contributed by atoms with E-state index in [1.165, 1.54) is 0 Å². The highest BCUT2D eigenvalue weighted by Gasteiger charge is 2.36. The molecule has 3 aromatic rings. The molecule has 0 unspecified atom stereocenters. The second-order valence-corrected chi connectivity index (χ2v) is 13.0. The van der Waals surface area contributed by atoms with Crippen molar-refractivity contribution in [2.45, 2.75) is 83.9 Å². The van der Waals surface area contributed by atoms with Crippen LogP contribution in [0.5, 0.6) is 0 Å². The molecular weight excluding hydrogens is 612 g/mol. The molecule has 4 atom stereocenters. The number of carbonyl (C=O) groups excluding carboxylic acids is 4. The van der Waals surface area contributed by atoms with Crippen LogP contribution in [0.4, 0.5) is 9.59 Å². The number of nitrogens with zero attached hydrogens (tertiary/aromatic N) is 1. The maximum absolute atomic E-state index is 13.7. The standard InChI is InChI=1S/C37H48N4O7/c1-25(2)32(40-35(45)48-37(3,4)5)34(44)39-29(21-26-15-9-6-10-16-26)31(42)23-41(36(46)47-24-28-19-13-8-14-20-28)30(33(38)43)22-27-17-11-7-12-18-27/h6-20,25,29-32,42H,21-24H2,1-5H3,(H2,38,43)(H,39,44)(H,40,45)/t29-,30-,31-,32-/m0/s1. The van der Waals surface area contributed by atoms with Gasteiger partial charge in [-0.1, -0.05) is 105 Å². The monoisotopic (exact) mass is 660 g/mol. The maximum atomic E-state index is 13.7. The van der Waals surface area contributed by atoms with Crippen molar-refractivity contribution in [1.29, 1.82) is 0 Å². The van der Waals surface area contributed by atoms with Gasteiger partial charge in [0.2, 0.25) is 11.8 Å². The number of alkyl carbamates (subject to hydrolysis) is 1. The zero-order chi connectivity index (χ0) is 35.3. The number of primary amides is 1. The Balaban J connectivity index is 1.91. The summed E-state index contributed by atoms with van der Waals surface area (Å²) in [7, 11) is 0. The van der Waals surface area contributed by atoms with Crippen LogP contribution in [0.3, 0.4) is 0 Å². The number of amides is 4. The number of aliphatic hydroxyl groups excluding tert-OH is 1. The molecule has 3 rings (SSSR count). The van der Waals surface area contributed by atoms with Gasteiger partial charge < -0.3 is 30.9 Å². The van der Waals surface area contributed by atoms with Crippen molar-refractivity contribution >= 4 is 24.0 Å². The third-order valence-corrected chi connectivity index (χ3v) is 7.51. The number of ether oxygens (including phenoxy) is 2. The number of aliphatic hydroxyl groups is 1. The molecule has 0 aliphatic carbocycles. The van der Waals surface area contributed by atoms with Crippen molar-refractivity contribution in [3.05, 3.63) is 108 Å². The van der Waals surface area contributed by atoms with E-state index < -0.39 is 60.4 Å². The largest absolute Gasteiger partial charge is 0.445 e. The van der Waals surface area contributed by atoms with Gasteiger partial charge in [0.25, 0.3) is 0 Å². The van der Waals surface area contributed by atoms with Crippen LogP contribution in [0, 0.1) is 5.92 Å². The lowest BCUT2D eigenvalue weighted by Gasteiger charge is -2.34. The van der Waals surface area contributed by atoms with E-state index in [1.807, 2.05) is 78.9 Å². The van der Waals surface area contributed by atoms with E-state index in [1.54, 1.807) is 46.8 Å². The first-order valence-electron chi connectivity index (χ1n) is 16.1. The number of benzene rings is 3. The summed E-state index contributed by atoms with van der Waals surface area (Å²) in [6.45, 7) is 8.24. The number of hydrogen-bond acceptors (Lipinski definition) is 7. The molecule has 11 heteroatoms. The van der Waals surface area contributed by atoms with Gasteiger partial charge in [-0.3, -0.25) is 14.5 Å². The molecule has 5 N–H and O–H groups in total. The third-order valence-electron chi connectivity index (χ3n) is 7.51. The van der Waals surface area contributed by atoms with Crippen molar-refractivity contribution in [2.24, 2.45) is 11.7 Å². The molecule has 0 spiro atoms. The van der Waals surface area contributed by atoms with Crippen LogP contribution in [-0.2, 0) is 38.5 Å². The molecule has 0 aliphatic heterocycles. The summed E-state index contributed by atoms with van der Waals surface area (Å²) in [5, 5.41) is 17.3. The van der Waals surface area contributed by atoms with Gasteiger partial charge >= 0.3 is 12.2 Å². The Morgan fingerprint density at radius 3 is 1.77 bits per heavy atom. The van der Waals surface area contributed by atoms with Crippen LogP contribution < -0.4 is 16.4 Å². The summed E-state index contributed by atoms with van der Waals surface area (Å²) in [5.41, 5.74) is 7.37. The summed E-state index contributed by atoms with van der Waals surface area (Å²) >= 11 is 0. The minimum atomic E-state index is -1.38. The predicted octanol–water partition coefficient (Wildman–Crippen LogP) is 4.36. The molecule has 0 radical (unpaired) electrons. The molecule has 0 fully saturated rings. The first kappa shape index (κ1) is 37.6. The average Bonchev–Trinajstić information content (AvgIpc) is 3.04. The lowest BCUT2D eigenvalue weighted by molar-refractivity contribution is -0.127. The summed E-state index contributed by atoms with van der Waals surface area (Å²) < 4.78 is 11.0. The molecule has 48 heavy (non-hydrogen) atoms. The summed E-state index contributed by atoms with van der Waals surface area (Å²) in [5.74, 6) is -1.67. The summed E-state index contributed by atoms with van der Waals surface area (Å²) in [6, 6.07) is 24.2. The Hall–Kier alpha value is -4.90. The Labute approximate surface area is 282 Å². The lowest BCUT2D eigenvalue weighted by Crippen LogP contribution is -2.59. The topological polar surface area (TPSA) is 160 Å². The van der Waals surface area contributed by atoms with Gasteiger partial charge in [0.15, 0.2) is 0 Å². The van der Waals surface area contributed by atoms with Crippen molar-refractivity contribution in [3.8, 4) is 0 Å². The molecular formula is C37H48N4O7. The van der Waals surface area contributed by atoms with Crippen molar-refractivity contribution in [1.82, 2.24) is 15.5 Å². The van der Waals surface area contributed by atoms with E-state index in [0.29, 0.717) is 0 Å². The fourth-order valence-electron chi connectivity index (χ4n) is 5.06. The number of nitrogens with one attached hydrogen (secondary N) is 2. The van der Waals surface area contributed by atoms with E-state index >= 15 is 0 Å². The molecule has 258 valence electrons. The molecule has 0 saturated heterocycles. The van der Waals surface area contributed by atoms with E-state index in [9.17, 15) is 24.3 Å². The van der Waals surface area contributed by atoms with Crippen molar-refractivity contribution < 1.29 is 33.8 Å². The minimum Gasteiger partial charge on any atom is -0.445 e. The first-order chi connectivity index (χ1) is 22.7. The Morgan fingerprint density at radius 2 is 1.29 bits per heavy atom. The van der Waals surface area contributed by atoms with Crippen molar-refractivity contribution in [3.63, 3.8) is 0 Å². The second-order valence-electron chi connectivity index (χ2n) is 13.0. The minimum absolute atomic E-state index is 0.0698. The highest BCUT2D eigenvalue weighted by Crippen LogP contribution is 2.17. The van der Waals surface area contributed by atoms with Gasteiger partial charge in [0.1, 0.15) is 24.3 Å².